The van der Waals surface area contributed by atoms with Crippen molar-refractivity contribution in [3.05, 3.63) is 0 Å². The van der Waals surface area contributed by atoms with Gasteiger partial charge in [-0.1, -0.05) is 20.8 Å². The lowest BCUT2D eigenvalue weighted by Gasteiger charge is -2.31. The molecule has 1 heterocycles. The maximum absolute atomic E-state index is 5.84. The van der Waals surface area contributed by atoms with Crippen LogP contribution in [-0.4, -0.2) is 25.3 Å². The average Bonchev–Trinajstić information content (AvgIpc) is 2.99. The summed E-state index contributed by atoms with van der Waals surface area (Å²) in [4.78, 5) is 0. The van der Waals surface area contributed by atoms with Crippen LogP contribution in [0.15, 0.2) is 0 Å². The standard InChI is InChI=1S/C14H27NO/c1-14(2,3)7-8-15-12-6-9-16-13(10-12)11-4-5-11/h11-13,15H,4-10H2,1-3H3/t12-,13-/m1/s1. The largest absolute Gasteiger partial charge is 0.378 e. The highest BCUT2D eigenvalue weighted by Crippen LogP contribution is 2.38. The number of hydrogen-bond donors (Lipinski definition) is 1. The van der Waals surface area contributed by atoms with Gasteiger partial charge in [-0.3, -0.25) is 0 Å². The second-order valence-corrected chi connectivity index (χ2v) is 6.73. The predicted octanol–water partition coefficient (Wildman–Crippen LogP) is 2.97. The molecule has 0 bridgehead atoms. The highest BCUT2D eigenvalue weighted by Gasteiger charge is 2.35. The molecule has 2 heteroatoms. The Bertz CT molecular complexity index is 217. The van der Waals surface area contributed by atoms with E-state index in [4.69, 9.17) is 4.74 Å². The van der Waals surface area contributed by atoms with Crippen molar-refractivity contribution in [2.24, 2.45) is 11.3 Å². The Morgan fingerprint density at radius 2 is 1.94 bits per heavy atom. The fourth-order valence-corrected chi connectivity index (χ4v) is 2.46. The van der Waals surface area contributed by atoms with E-state index in [1.54, 1.807) is 0 Å². The third-order valence-corrected chi connectivity index (χ3v) is 3.77. The van der Waals surface area contributed by atoms with Gasteiger partial charge in [0.25, 0.3) is 0 Å². The van der Waals surface area contributed by atoms with Gasteiger partial charge >= 0.3 is 0 Å². The van der Waals surface area contributed by atoms with Crippen molar-refractivity contribution in [3.8, 4) is 0 Å². The summed E-state index contributed by atoms with van der Waals surface area (Å²) in [6.07, 6.45) is 7.08. The van der Waals surface area contributed by atoms with Crippen molar-refractivity contribution >= 4 is 0 Å². The van der Waals surface area contributed by atoms with Crippen molar-refractivity contribution in [1.82, 2.24) is 5.32 Å². The molecule has 0 amide bonds. The van der Waals surface area contributed by atoms with E-state index < -0.39 is 0 Å². The van der Waals surface area contributed by atoms with E-state index in [1.807, 2.05) is 0 Å². The van der Waals surface area contributed by atoms with Crippen molar-refractivity contribution in [1.29, 1.82) is 0 Å². The Hall–Kier alpha value is -0.0800. The molecule has 1 N–H and O–H groups in total. The van der Waals surface area contributed by atoms with E-state index in [1.165, 1.54) is 32.1 Å². The summed E-state index contributed by atoms with van der Waals surface area (Å²) in [6, 6.07) is 0.710. The van der Waals surface area contributed by atoms with Crippen molar-refractivity contribution in [2.75, 3.05) is 13.2 Å². The van der Waals surface area contributed by atoms with Gasteiger partial charge in [-0.15, -0.1) is 0 Å². The van der Waals surface area contributed by atoms with Crippen LogP contribution >= 0.6 is 0 Å². The fraction of sp³-hybridized carbons (Fsp3) is 1.00. The lowest BCUT2D eigenvalue weighted by Crippen LogP contribution is -2.40. The smallest absolute Gasteiger partial charge is 0.0618 e. The summed E-state index contributed by atoms with van der Waals surface area (Å²) in [5.41, 5.74) is 0.452. The second-order valence-electron chi connectivity index (χ2n) is 6.73. The molecule has 0 radical (unpaired) electrons. The van der Waals surface area contributed by atoms with Crippen LogP contribution in [0.2, 0.25) is 0 Å². The monoisotopic (exact) mass is 225 g/mol. The molecule has 2 atom stereocenters. The van der Waals surface area contributed by atoms with Crippen molar-refractivity contribution in [2.45, 2.75) is 65.0 Å². The summed E-state index contributed by atoms with van der Waals surface area (Å²) in [6.45, 7) is 9.06. The van der Waals surface area contributed by atoms with Crippen LogP contribution in [0.25, 0.3) is 0 Å². The zero-order valence-electron chi connectivity index (χ0n) is 11.1. The fourth-order valence-electron chi connectivity index (χ4n) is 2.46. The molecule has 1 aliphatic heterocycles. The zero-order valence-corrected chi connectivity index (χ0v) is 11.1. The molecule has 2 aliphatic rings. The Labute approximate surface area is 100 Å². The minimum absolute atomic E-state index is 0.452. The molecule has 1 saturated carbocycles. The average molecular weight is 225 g/mol. The molecule has 0 unspecified atom stereocenters. The molecule has 16 heavy (non-hydrogen) atoms. The first kappa shape index (κ1) is 12.4. The summed E-state index contributed by atoms with van der Waals surface area (Å²) in [5, 5.41) is 3.71. The Kier molecular flexibility index (Phi) is 3.91. The number of rotatable bonds is 4. The molecule has 0 aromatic carbocycles. The third kappa shape index (κ3) is 4.06. The highest BCUT2D eigenvalue weighted by molar-refractivity contribution is 4.88. The van der Waals surface area contributed by atoms with Crippen molar-refractivity contribution in [3.63, 3.8) is 0 Å². The lowest BCUT2D eigenvalue weighted by atomic mass is 9.92. The van der Waals surface area contributed by atoms with Gasteiger partial charge in [0.1, 0.15) is 0 Å². The van der Waals surface area contributed by atoms with Gasteiger partial charge in [0, 0.05) is 12.6 Å². The van der Waals surface area contributed by atoms with Crippen LogP contribution in [0.3, 0.4) is 0 Å². The van der Waals surface area contributed by atoms with Crippen molar-refractivity contribution < 1.29 is 4.74 Å². The van der Waals surface area contributed by atoms with Gasteiger partial charge in [0.05, 0.1) is 6.10 Å². The maximum atomic E-state index is 5.84. The zero-order chi connectivity index (χ0) is 11.6. The number of hydrogen-bond acceptors (Lipinski definition) is 2. The first-order valence-corrected chi connectivity index (χ1v) is 6.89. The van der Waals surface area contributed by atoms with E-state index in [2.05, 4.69) is 26.1 Å². The molecule has 0 aromatic heterocycles. The van der Waals surface area contributed by atoms with Crippen LogP contribution in [0.4, 0.5) is 0 Å². The quantitative estimate of drug-likeness (QED) is 0.794. The third-order valence-electron chi connectivity index (χ3n) is 3.77. The molecule has 2 rings (SSSR count). The molecule has 2 fully saturated rings. The van der Waals surface area contributed by atoms with Gasteiger partial charge in [-0.2, -0.15) is 0 Å². The molecule has 1 saturated heterocycles. The Balaban J connectivity index is 1.65. The topological polar surface area (TPSA) is 21.3 Å². The minimum atomic E-state index is 0.452. The molecular weight excluding hydrogens is 198 g/mol. The van der Waals surface area contributed by atoms with Crippen LogP contribution in [0.1, 0.15) is 52.9 Å². The molecule has 0 aromatic rings. The number of ether oxygens (including phenoxy) is 1. The maximum Gasteiger partial charge on any atom is 0.0618 e. The first-order chi connectivity index (χ1) is 7.54. The van der Waals surface area contributed by atoms with Gasteiger partial charge in [0.15, 0.2) is 0 Å². The summed E-state index contributed by atoms with van der Waals surface area (Å²) in [7, 11) is 0. The van der Waals surface area contributed by atoms with E-state index in [-0.39, 0.29) is 0 Å². The molecule has 0 spiro atoms. The normalized spacial score (nSPS) is 31.7. The SMILES string of the molecule is CC(C)(C)CCN[C@@H]1CCO[C@@H](C2CC2)C1. The van der Waals surface area contributed by atoms with Crippen LogP contribution in [-0.2, 0) is 4.74 Å². The van der Waals surface area contributed by atoms with E-state index >= 15 is 0 Å². The van der Waals surface area contributed by atoms with Crippen LogP contribution in [0, 0.1) is 11.3 Å². The highest BCUT2D eigenvalue weighted by atomic mass is 16.5. The van der Waals surface area contributed by atoms with Crippen LogP contribution in [0.5, 0.6) is 0 Å². The van der Waals surface area contributed by atoms with E-state index in [0.717, 1.165) is 19.1 Å². The Morgan fingerprint density at radius 3 is 2.56 bits per heavy atom. The molecule has 94 valence electrons. The van der Waals surface area contributed by atoms with E-state index in [9.17, 15) is 0 Å². The molecule has 1 aliphatic carbocycles. The van der Waals surface area contributed by atoms with Gasteiger partial charge in [-0.05, 0) is 50.0 Å². The molecule has 2 nitrogen and oxygen atoms in total. The summed E-state index contributed by atoms with van der Waals surface area (Å²) in [5.74, 6) is 0.896. The lowest BCUT2D eigenvalue weighted by molar-refractivity contribution is -0.0113. The van der Waals surface area contributed by atoms with E-state index in [0.29, 0.717) is 17.6 Å². The summed E-state index contributed by atoms with van der Waals surface area (Å²) >= 11 is 0. The van der Waals surface area contributed by atoms with Crippen LogP contribution < -0.4 is 5.32 Å². The summed E-state index contributed by atoms with van der Waals surface area (Å²) < 4.78 is 5.84. The second kappa shape index (κ2) is 5.05. The van der Waals surface area contributed by atoms with Gasteiger partial charge in [0.2, 0.25) is 0 Å². The predicted molar refractivity (Wildman–Crippen MR) is 67.6 cm³/mol. The van der Waals surface area contributed by atoms with Gasteiger partial charge < -0.3 is 10.1 Å². The number of nitrogens with one attached hydrogen (secondary N) is 1. The minimum Gasteiger partial charge on any atom is -0.378 e. The Morgan fingerprint density at radius 1 is 1.19 bits per heavy atom. The first-order valence-electron chi connectivity index (χ1n) is 6.89. The van der Waals surface area contributed by atoms with Gasteiger partial charge in [-0.25, -0.2) is 0 Å². The molecular formula is C14H27NO.